The average Bonchev–Trinajstić information content (AvgIpc) is 3.18. The molecule has 3 rings (SSSR count). The third-order valence-electron chi connectivity index (χ3n) is 4.71. The molecule has 1 atom stereocenters. The highest BCUT2D eigenvalue weighted by molar-refractivity contribution is 5.70. The zero-order valence-electron chi connectivity index (χ0n) is 18.2. The topological polar surface area (TPSA) is 153 Å². The molecule has 0 fully saturated rings. The van der Waals surface area contributed by atoms with Gasteiger partial charge in [-0.15, -0.1) is 0 Å². The fraction of sp³-hybridized carbons (Fsp3) is 0.476. The van der Waals surface area contributed by atoms with Gasteiger partial charge in [0, 0.05) is 13.7 Å². The van der Waals surface area contributed by atoms with Gasteiger partial charge in [0.2, 0.25) is 5.95 Å². The number of nitrogens with two attached hydrogens (primary N) is 2. The molecule has 32 heavy (non-hydrogen) atoms. The van der Waals surface area contributed by atoms with E-state index in [9.17, 15) is 4.79 Å². The van der Waals surface area contributed by atoms with Crippen LogP contribution < -0.4 is 17.0 Å². The summed E-state index contributed by atoms with van der Waals surface area (Å²) in [6.07, 6.45) is 1.35. The number of imidazole rings is 1. The van der Waals surface area contributed by atoms with Gasteiger partial charge in [0.15, 0.2) is 11.2 Å². The minimum Gasteiger partial charge on any atom is -0.382 e. The molecular formula is C21H30N6O5. The average molecular weight is 447 g/mol. The van der Waals surface area contributed by atoms with E-state index in [1.54, 1.807) is 18.0 Å². The molecule has 174 valence electrons. The van der Waals surface area contributed by atoms with Gasteiger partial charge in [-0.05, 0) is 11.1 Å². The number of methoxy groups -OCH3 is 1. The summed E-state index contributed by atoms with van der Waals surface area (Å²) in [6, 6.07) is 7.98. The molecule has 0 aliphatic rings. The van der Waals surface area contributed by atoms with Crippen molar-refractivity contribution in [2.45, 2.75) is 12.6 Å². The van der Waals surface area contributed by atoms with Gasteiger partial charge in [-0.2, -0.15) is 4.98 Å². The van der Waals surface area contributed by atoms with Crippen LogP contribution in [0.15, 0.2) is 35.4 Å². The van der Waals surface area contributed by atoms with Crippen LogP contribution in [-0.2, 0) is 25.5 Å². The van der Waals surface area contributed by atoms with E-state index in [-0.39, 0.29) is 23.1 Å². The summed E-state index contributed by atoms with van der Waals surface area (Å²) in [5.74, 6) is 0.0593. The van der Waals surface area contributed by atoms with Gasteiger partial charge in [0.05, 0.1) is 52.5 Å². The quantitative estimate of drug-likeness (QED) is 0.300. The predicted octanol–water partition coefficient (Wildman–Crippen LogP) is 0.446. The van der Waals surface area contributed by atoms with Crippen LogP contribution in [-0.4, -0.2) is 72.8 Å². The molecular weight excluding hydrogens is 416 g/mol. The Bertz CT molecular complexity index is 1020. The first kappa shape index (κ1) is 23.8. The molecule has 0 bridgehead atoms. The highest BCUT2D eigenvalue weighted by atomic mass is 16.6. The SMILES string of the molecule is COCCOC(COCCOCCN)c1ccc(Cn2cnc3c(=O)[nH]c(N)nc32)cc1. The number of nitrogen functional groups attached to an aromatic ring is 1. The van der Waals surface area contributed by atoms with Gasteiger partial charge in [0.25, 0.3) is 5.56 Å². The van der Waals surface area contributed by atoms with E-state index in [1.807, 2.05) is 24.3 Å². The fourth-order valence-corrected chi connectivity index (χ4v) is 3.13. The number of rotatable bonds is 14. The predicted molar refractivity (Wildman–Crippen MR) is 119 cm³/mol. The lowest BCUT2D eigenvalue weighted by Crippen LogP contribution is -2.17. The number of H-pyrrole nitrogens is 1. The van der Waals surface area contributed by atoms with Crippen LogP contribution >= 0.6 is 0 Å². The van der Waals surface area contributed by atoms with Crippen molar-refractivity contribution in [2.75, 3.05) is 59.0 Å². The zero-order chi connectivity index (χ0) is 22.8. The second-order valence-electron chi connectivity index (χ2n) is 7.07. The number of nitrogens with one attached hydrogen (secondary N) is 1. The minimum absolute atomic E-state index is 0.0593. The Kier molecular flexibility index (Phi) is 9.13. The van der Waals surface area contributed by atoms with E-state index in [0.717, 1.165) is 11.1 Å². The smallest absolute Gasteiger partial charge is 0.280 e. The first-order chi connectivity index (χ1) is 15.6. The molecule has 0 saturated carbocycles. The number of aromatic amines is 1. The maximum atomic E-state index is 12.0. The van der Waals surface area contributed by atoms with Crippen LogP contribution in [0.5, 0.6) is 0 Å². The van der Waals surface area contributed by atoms with Crippen molar-refractivity contribution in [3.05, 3.63) is 52.1 Å². The van der Waals surface area contributed by atoms with Crippen molar-refractivity contribution in [1.82, 2.24) is 19.5 Å². The summed E-state index contributed by atoms with van der Waals surface area (Å²) in [5.41, 5.74) is 13.4. The Morgan fingerprint density at radius 3 is 2.62 bits per heavy atom. The highest BCUT2D eigenvalue weighted by Gasteiger charge is 2.14. The molecule has 11 heteroatoms. The van der Waals surface area contributed by atoms with Gasteiger partial charge in [-0.1, -0.05) is 24.3 Å². The summed E-state index contributed by atoms with van der Waals surface area (Å²) < 4.78 is 23.8. The van der Waals surface area contributed by atoms with Crippen molar-refractivity contribution in [1.29, 1.82) is 0 Å². The first-order valence-corrected chi connectivity index (χ1v) is 10.4. The first-order valence-electron chi connectivity index (χ1n) is 10.4. The van der Waals surface area contributed by atoms with Crippen molar-refractivity contribution >= 4 is 17.1 Å². The van der Waals surface area contributed by atoms with Crippen LogP contribution in [0.2, 0.25) is 0 Å². The molecule has 11 nitrogen and oxygen atoms in total. The number of anilines is 1. The lowest BCUT2D eigenvalue weighted by atomic mass is 10.1. The maximum Gasteiger partial charge on any atom is 0.280 e. The molecule has 0 aliphatic carbocycles. The number of ether oxygens (including phenoxy) is 4. The number of fused-ring (bicyclic) bond motifs is 1. The third-order valence-corrected chi connectivity index (χ3v) is 4.71. The van der Waals surface area contributed by atoms with E-state index in [4.69, 9.17) is 30.4 Å². The highest BCUT2D eigenvalue weighted by Crippen LogP contribution is 2.20. The standard InChI is InChI=1S/C21H30N6O5/c1-29-8-11-32-17(13-31-10-9-30-7-6-22)16-4-2-15(3-5-16)12-27-14-24-18-19(27)25-21(23)26-20(18)28/h2-5,14,17H,6-13,22H2,1H3,(H3,23,25,26,28). The van der Waals surface area contributed by atoms with Crippen LogP contribution in [0.1, 0.15) is 17.2 Å². The van der Waals surface area contributed by atoms with Gasteiger partial charge in [-0.3, -0.25) is 9.78 Å². The minimum atomic E-state index is -0.355. The number of nitrogens with zero attached hydrogens (tertiary/aromatic N) is 3. The summed E-state index contributed by atoms with van der Waals surface area (Å²) in [5, 5.41) is 0. The summed E-state index contributed by atoms with van der Waals surface area (Å²) in [6.45, 7) is 3.80. The number of hydrogen-bond acceptors (Lipinski definition) is 9. The molecule has 0 aliphatic heterocycles. The second-order valence-corrected chi connectivity index (χ2v) is 7.07. The largest absolute Gasteiger partial charge is 0.382 e. The Morgan fingerprint density at radius 2 is 1.88 bits per heavy atom. The van der Waals surface area contributed by atoms with E-state index in [1.165, 1.54) is 0 Å². The monoisotopic (exact) mass is 446 g/mol. The van der Waals surface area contributed by atoms with Gasteiger partial charge in [0.1, 0.15) is 6.10 Å². The van der Waals surface area contributed by atoms with E-state index >= 15 is 0 Å². The Labute approximate surface area is 185 Å². The number of benzene rings is 1. The summed E-state index contributed by atoms with van der Waals surface area (Å²) in [7, 11) is 1.63. The normalized spacial score (nSPS) is 12.4. The van der Waals surface area contributed by atoms with Crippen molar-refractivity contribution in [3.63, 3.8) is 0 Å². The molecule has 2 heterocycles. The van der Waals surface area contributed by atoms with Crippen LogP contribution in [0, 0.1) is 0 Å². The van der Waals surface area contributed by atoms with Crippen LogP contribution in [0.3, 0.4) is 0 Å². The Balaban J connectivity index is 1.64. The molecule has 0 amide bonds. The molecule has 5 N–H and O–H groups in total. The molecule has 1 unspecified atom stereocenters. The summed E-state index contributed by atoms with van der Waals surface area (Å²) >= 11 is 0. The Hall–Kier alpha value is -2.83. The number of hydrogen-bond donors (Lipinski definition) is 3. The van der Waals surface area contributed by atoms with E-state index in [0.29, 0.717) is 58.4 Å². The van der Waals surface area contributed by atoms with Gasteiger partial charge in [-0.25, -0.2) is 4.98 Å². The summed E-state index contributed by atoms with van der Waals surface area (Å²) in [4.78, 5) is 22.7. The molecule has 2 aromatic heterocycles. The van der Waals surface area contributed by atoms with Gasteiger partial charge >= 0.3 is 0 Å². The molecule has 0 spiro atoms. The van der Waals surface area contributed by atoms with E-state index < -0.39 is 0 Å². The maximum absolute atomic E-state index is 12.0. The molecule has 1 aromatic carbocycles. The van der Waals surface area contributed by atoms with Crippen molar-refractivity contribution < 1.29 is 18.9 Å². The van der Waals surface area contributed by atoms with Gasteiger partial charge < -0.3 is 35.0 Å². The number of aromatic nitrogens is 4. The van der Waals surface area contributed by atoms with Crippen molar-refractivity contribution in [2.24, 2.45) is 5.73 Å². The molecule has 3 aromatic rings. The van der Waals surface area contributed by atoms with Crippen LogP contribution in [0.4, 0.5) is 5.95 Å². The van der Waals surface area contributed by atoms with Crippen LogP contribution in [0.25, 0.3) is 11.2 Å². The Morgan fingerprint density at radius 1 is 1.09 bits per heavy atom. The zero-order valence-corrected chi connectivity index (χ0v) is 18.2. The van der Waals surface area contributed by atoms with E-state index in [2.05, 4.69) is 15.0 Å². The molecule has 0 radical (unpaired) electrons. The second kappa shape index (κ2) is 12.3. The fourth-order valence-electron chi connectivity index (χ4n) is 3.13. The lowest BCUT2D eigenvalue weighted by Gasteiger charge is -2.19. The third kappa shape index (κ3) is 6.58. The van der Waals surface area contributed by atoms with Crippen molar-refractivity contribution in [3.8, 4) is 0 Å². The molecule has 0 saturated heterocycles. The lowest BCUT2D eigenvalue weighted by molar-refractivity contribution is -0.0443.